The minimum atomic E-state index is -0.382. The molecule has 4 nitrogen and oxygen atoms in total. The average molecular weight is 395 g/mol. The Morgan fingerprint density at radius 3 is 1.54 bits per heavy atom. The van der Waals surface area contributed by atoms with Crippen LogP contribution in [0.3, 0.4) is 0 Å². The predicted octanol–water partition coefficient (Wildman–Crippen LogP) is 5.68. The Morgan fingerprint density at radius 1 is 0.769 bits per heavy atom. The maximum absolute atomic E-state index is 11.9. The molecule has 0 aliphatic heterocycles. The lowest BCUT2D eigenvalue weighted by Gasteiger charge is -2.08. The second-order valence-electron chi connectivity index (χ2n) is 6.02. The molecule has 2 aromatic rings. The summed E-state index contributed by atoms with van der Waals surface area (Å²) in [7, 11) is 0. The van der Waals surface area contributed by atoms with Crippen LogP contribution in [0.5, 0.6) is 11.5 Å². The van der Waals surface area contributed by atoms with E-state index in [2.05, 4.69) is 0 Å². The van der Waals surface area contributed by atoms with Crippen molar-refractivity contribution in [3.05, 3.63) is 57.6 Å². The van der Waals surface area contributed by atoms with E-state index in [-0.39, 0.29) is 24.8 Å². The highest BCUT2D eigenvalue weighted by atomic mass is 35.5. The molecule has 0 saturated heterocycles. The number of ether oxygens (including phenoxy) is 2. The van der Waals surface area contributed by atoms with Crippen molar-refractivity contribution in [3.63, 3.8) is 0 Å². The topological polar surface area (TPSA) is 52.6 Å². The number of hydrogen-bond acceptors (Lipinski definition) is 4. The number of aryl methyl sites for hydroxylation is 2. The number of rotatable bonds is 7. The smallest absolute Gasteiger partial charge is 0.311 e. The van der Waals surface area contributed by atoms with E-state index < -0.39 is 0 Å². The molecule has 0 amide bonds. The summed E-state index contributed by atoms with van der Waals surface area (Å²) in [6, 6.07) is 10.5. The van der Waals surface area contributed by atoms with Crippen LogP contribution in [0.25, 0.3) is 0 Å². The standard InChI is InChI=1S/C20H20Cl2O4/c1-13-7-9-15(21)17(11-13)25-19(23)5-3-4-6-20(24)26-18-12-14(2)8-10-16(18)22/h7-12H,3-6H2,1-2H3. The molecule has 0 fully saturated rings. The highest BCUT2D eigenvalue weighted by Crippen LogP contribution is 2.27. The van der Waals surface area contributed by atoms with Crippen molar-refractivity contribution in [2.75, 3.05) is 0 Å². The third kappa shape index (κ3) is 6.36. The van der Waals surface area contributed by atoms with E-state index in [0.717, 1.165) is 11.1 Å². The molecule has 0 atom stereocenters. The highest BCUT2D eigenvalue weighted by molar-refractivity contribution is 6.32. The summed E-state index contributed by atoms with van der Waals surface area (Å²) in [5, 5.41) is 0.783. The lowest BCUT2D eigenvalue weighted by Crippen LogP contribution is -2.10. The number of unbranched alkanes of at least 4 members (excludes halogenated alkanes) is 1. The van der Waals surface area contributed by atoms with Crippen molar-refractivity contribution < 1.29 is 19.1 Å². The first-order valence-corrected chi connectivity index (χ1v) is 9.04. The van der Waals surface area contributed by atoms with Gasteiger partial charge in [-0.1, -0.05) is 35.3 Å². The highest BCUT2D eigenvalue weighted by Gasteiger charge is 2.11. The molecule has 2 aromatic carbocycles. The van der Waals surface area contributed by atoms with Gasteiger partial charge in [0.15, 0.2) is 0 Å². The van der Waals surface area contributed by atoms with Crippen LogP contribution in [-0.2, 0) is 9.59 Å². The zero-order valence-corrected chi connectivity index (χ0v) is 16.2. The predicted molar refractivity (Wildman–Crippen MR) is 102 cm³/mol. The largest absolute Gasteiger partial charge is 0.425 e. The van der Waals surface area contributed by atoms with Crippen molar-refractivity contribution in [2.24, 2.45) is 0 Å². The minimum Gasteiger partial charge on any atom is -0.425 e. The normalized spacial score (nSPS) is 10.5. The fourth-order valence-corrected chi connectivity index (χ4v) is 2.58. The van der Waals surface area contributed by atoms with E-state index in [4.69, 9.17) is 32.7 Å². The summed E-state index contributed by atoms with van der Waals surface area (Å²) in [5.41, 5.74) is 1.91. The molecule has 0 saturated carbocycles. The molecule has 0 aliphatic carbocycles. The monoisotopic (exact) mass is 394 g/mol. The van der Waals surface area contributed by atoms with Crippen molar-refractivity contribution in [2.45, 2.75) is 39.5 Å². The molecule has 0 heterocycles. The molecule has 0 bridgehead atoms. The molecule has 0 aliphatic rings. The van der Waals surface area contributed by atoms with Crippen molar-refractivity contribution in [3.8, 4) is 11.5 Å². The van der Waals surface area contributed by atoms with Crippen LogP contribution in [-0.4, -0.2) is 11.9 Å². The zero-order valence-electron chi connectivity index (χ0n) is 14.7. The number of hydrogen-bond donors (Lipinski definition) is 0. The van der Waals surface area contributed by atoms with Crippen LogP contribution < -0.4 is 9.47 Å². The molecular weight excluding hydrogens is 375 g/mol. The Hall–Kier alpha value is -2.04. The van der Waals surface area contributed by atoms with Crippen LogP contribution in [0, 0.1) is 13.8 Å². The van der Waals surface area contributed by atoms with Crippen LogP contribution in [0.4, 0.5) is 0 Å². The SMILES string of the molecule is Cc1ccc(Cl)c(OC(=O)CCCCC(=O)Oc2cc(C)ccc2Cl)c1. The van der Waals surface area contributed by atoms with Gasteiger partial charge in [0.05, 0.1) is 10.0 Å². The molecule has 2 rings (SSSR count). The number of carbonyl (C=O) groups excluding carboxylic acids is 2. The van der Waals surface area contributed by atoms with Gasteiger partial charge in [0, 0.05) is 12.8 Å². The van der Waals surface area contributed by atoms with Gasteiger partial charge in [0.25, 0.3) is 0 Å². The fraction of sp³-hybridized carbons (Fsp3) is 0.300. The van der Waals surface area contributed by atoms with Crippen molar-refractivity contribution in [1.29, 1.82) is 0 Å². The first kappa shape index (κ1) is 20.3. The maximum atomic E-state index is 11.9. The summed E-state index contributed by atoms with van der Waals surface area (Å²) >= 11 is 12.0. The van der Waals surface area contributed by atoms with Crippen molar-refractivity contribution in [1.82, 2.24) is 0 Å². The Balaban J connectivity index is 1.72. The van der Waals surface area contributed by atoms with Gasteiger partial charge < -0.3 is 9.47 Å². The summed E-state index contributed by atoms with van der Waals surface area (Å²) < 4.78 is 10.5. The lowest BCUT2D eigenvalue weighted by molar-refractivity contribution is -0.136. The van der Waals surface area contributed by atoms with Crippen LogP contribution in [0.15, 0.2) is 36.4 Å². The van der Waals surface area contributed by atoms with Gasteiger partial charge in [-0.3, -0.25) is 9.59 Å². The number of esters is 2. The second kappa shape index (κ2) is 9.60. The summed E-state index contributed by atoms with van der Waals surface area (Å²) in [5.74, 6) is -0.0597. The van der Waals surface area contributed by atoms with Crippen LogP contribution in [0.2, 0.25) is 10.0 Å². The van der Waals surface area contributed by atoms with E-state index in [1.165, 1.54) is 0 Å². The minimum absolute atomic E-state index is 0.197. The van der Waals surface area contributed by atoms with E-state index in [0.29, 0.717) is 34.4 Å². The number of benzene rings is 2. The quantitative estimate of drug-likeness (QED) is 0.344. The van der Waals surface area contributed by atoms with Gasteiger partial charge in [-0.25, -0.2) is 0 Å². The maximum Gasteiger partial charge on any atom is 0.311 e. The second-order valence-corrected chi connectivity index (χ2v) is 6.84. The molecule has 0 aromatic heterocycles. The summed E-state index contributed by atoms with van der Waals surface area (Å²) in [6.07, 6.45) is 1.42. The lowest BCUT2D eigenvalue weighted by atomic mass is 10.2. The van der Waals surface area contributed by atoms with Gasteiger partial charge >= 0.3 is 11.9 Å². The molecular formula is C20H20Cl2O4. The molecule has 6 heteroatoms. The summed E-state index contributed by atoms with van der Waals surface area (Å²) in [6.45, 7) is 3.78. The third-order valence-electron chi connectivity index (χ3n) is 3.63. The van der Waals surface area contributed by atoms with E-state index in [1.54, 1.807) is 24.3 Å². The Labute approximate surface area is 163 Å². The molecule has 26 heavy (non-hydrogen) atoms. The van der Waals surface area contributed by atoms with E-state index >= 15 is 0 Å². The van der Waals surface area contributed by atoms with Crippen molar-refractivity contribution >= 4 is 35.1 Å². The van der Waals surface area contributed by atoms with Gasteiger partial charge in [-0.2, -0.15) is 0 Å². The fourth-order valence-electron chi connectivity index (χ4n) is 2.26. The number of halogens is 2. The Kier molecular flexibility index (Phi) is 7.49. The van der Waals surface area contributed by atoms with Gasteiger partial charge in [-0.05, 0) is 62.1 Å². The Bertz CT molecular complexity index is 735. The Morgan fingerprint density at radius 2 is 1.15 bits per heavy atom. The molecule has 0 unspecified atom stereocenters. The summed E-state index contributed by atoms with van der Waals surface area (Å²) in [4.78, 5) is 23.8. The van der Waals surface area contributed by atoms with Gasteiger partial charge in [-0.15, -0.1) is 0 Å². The number of carbonyl (C=O) groups is 2. The average Bonchev–Trinajstić information content (AvgIpc) is 2.58. The molecule has 0 N–H and O–H groups in total. The van der Waals surface area contributed by atoms with E-state index in [9.17, 15) is 9.59 Å². The van der Waals surface area contributed by atoms with Crippen LogP contribution >= 0.6 is 23.2 Å². The van der Waals surface area contributed by atoms with Gasteiger partial charge in [0.1, 0.15) is 11.5 Å². The first-order valence-electron chi connectivity index (χ1n) is 8.29. The molecule has 0 radical (unpaired) electrons. The third-order valence-corrected chi connectivity index (χ3v) is 4.26. The molecule has 138 valence electrons. The zero-order chi connectivity index (χ0) is 19.1. The van der Waals surface area contributed by atoms with Crippen LogP contribution in [0.1, 0.15) is 36.8 Å². The van der Waals surface area contributed by atoms with E-state index in [1.807, 2.05) is 26.0 Å². The van der Waals surface area contributed by atoms with Gasteiger partial charge in [0.2, 0.25) is 0 Å². The first-order chi connectivity index (χ1) is 12.3. The molecule has 0 spiro atoms.